The van der Waals surface area contributed by atoms with Crippen molar-refractivity contribution in [3.63, 3.8) is 0 Å². The molecule has 6 heteroatoms. The van der Waals surface area contributed by atoms with Crippen LogP contribution in [-0.2, 0) is 20.3 Å². The monoisotopic (exact) mass is 382 g/mol. The summed E-state index contributed by atoms with van der Waals surface area (Å²) in [6.07, 6.45) is 11.5. The molecule has 0 aromatic carbocycles. The Morgan fingerprint density at radius 2 is 1.12 bits per heavy atom. The van der Waals surface area contributed by atoms with Crippen LogP contribution in [0.3, 0.4) is 0 Å². The lowest BCUT2D eigenvalue weighted by Crippen LogP contribution is -2.52. The third-order valence-corrected chi connectivity index (χ3v) is 8.94. The van der Waals surface area contributed by atoms with Crippen LogP contribution < -0.4 is 0 Å². The Bertz CT molecular complexity index is 461. The zero-order valence-electron chi connectivity index (χ0n) is 15.9. The van der Waals surface area contributed by atoms with Crippen molar-refractivity contribution in [3.05, 3.63) is 12.2 Å². The van der Waals surface area contributed by atoms with Crippen LogP contribution in [0.5, 0.6) is 0 Å². The van der Waals surface area contributed by atoms with Gasteiger partial charge in [-0.1, -0.05) is 12.2 Å². The van der Waals surface area contributed by atoms with Crippen molar-refractivity contribution in [2.45, 2.75) is 61.1 Å². The molecule has 4 atom stereocenters. The average molecular weight is 383 g/mol. The maximum atomic E-state index is 13.6. The predicted molar refractivity (Wildman–Crippen MR) is 105 cm³/mol. The Balaban J connectivity index is 1.53. The zero-order valence-corrected chi connectivity index (χ0v) is 16.7. The van der Waals surface area contributed by atoms with Crippen LogP contribution in [0, 0.1) is 0 Å². The minimum atomic E-state index is -0.730. The average Bonchev–Trinajstić information content (AvgIpc) is 3.04. The summed E-state index contributed by atoms with van der Waals surface area (Å²) in [6, 6.07) is 0.913. The van der Waals surface area contributed by atoms with Gasteiger partial charge in [0.2, 0.25) is 0 Å². The lowest BCUT2D eigenvalue weighted by atomic mass is 9.96. The van der Waals surface area contributed by atoms with Crippen LogP contribution in [0.1, 0.15) is 38.5 Å². The molecule has 0 aromatic heterocycles. The van der Waals surface area contributed by atoms with Gasteiger partial charge < -0.3 is 9.47 Å². The Kier molecular flexibility index (Phi) is 6.81. The number of nitrogens with zero attached hydrogens (tertiary/aromatic N) is 2. The number of allylic oxidation sites excluding steroid dienone is 2. The van der Waals surface area contributed by atoms with Gasteiger partial charge in [0, 0.05) is 49.1 Å². The van der Waals surface area contributed by atoms with Gasteiger partial charge in [0.25, 0.3) is 0 Å². The Morgan fingerprint density at radius 1 is 0.692 bits per heavy atom. The molecule has 4 heterocycles. The lowest BCUT2D eigenvalue weighted by molar-refractivity contribution is 0.0133. The van der Waals surface area contributed by atoms with Crippen molar-refractivity contribution in [2.75, 3.05) is 52.6 Å². The van der Waals surface area contributed by atoms with Crippen LogP contribution in [0.15, 0.2) is 12.2 Å². The van der Waals surface area contributed by atoms with Gasteiger partial charge in [-0.15, -0.1) is 0 Å². The molecule has 0 saturated carbocycles. The van der Waals surface area contributed by atoms with Crippen LogP contribution in [0.25, 0.3) is 0 Å². The number of morpholine rings is 2. The summed E-state index contributed by atoms with van der Waals surface area (Å²) in [5.41, 5.74) is 0. The molecule has 26 heavy (non-hydrogen) atoms. The highest BCUT2D eigenvalue weighted by Crippen LogP contribution is 2.35. The van der Waals surface area contributed by atoms with Gasteiger partial charge in [-0.05, 0) is 38.5 Å². The molecule has 0 amide bonds. The fourth-order valence-corrected chi connectivity index (χ4v) is 7.70. The summed E-state index contributed by atoms with van der Waals surface area (Å²) in [6.45, 7) is 7.30. The van der Waals surface area contributed by atoms with E-state index >= 15 is 0 Å². The van der Waals surface area contributed by atoms with Gasteiger partial charge in [-0.3, -0.25) is 14.0 Å². The van der Waals surface area contributed by atoms with Crippen molar-refractivity contribution in [1.29, 1.82) is 0 Å². The highest BCUT2D eigenvalue weighted by atomic mass is 32.2. The van der Waals surface area contributed by atoms with Crippen molar-refractivity contribution in [2.24, 2.45) is 0 Å². The second kappa shape index (κ2) is 9.28. The highest BCUT2D eigenvalue weighted by molar-refractivity contribution is 7.86. The molecule has 3 fully saturated rings. The third-order valence-electron chi connectivity index (χ3n) is 6.65. The molecular formula is C20H34N2O3S. The molecule has 0 spiro atoms. The number of hydrogen-bond donors (Lipinski definition) is 0. The van der Waals surface area contributed by atoms with E-state index in [1.165, 1.54) is 0 Å². The standard InChI is InChI=1S/C20H34N2O3S/c23-26-19-7-8-20(26)18(22-11-15-25-16-12-22)6-4-2-1-3-5-17(19)21-9-13-24-14-10-21/h1-2,17-20H,3-16H2/b2-1-. The molecule has 4 unspecified atom stereocenters. The first-order valence-corrected chi connectivity index (χ1v) is 11.8. The second-order valence-corrected chi connectivity index (χ2v) is 9.91. The summed E-state index contributed by atoms with van der Waals surface area (Å²) in [7, 11) is -0.730. The Labute approximate surface area is 160 Å². The number of ether oxygens (including phenoxy) is 2. The predicted octanol–water partition coefficient (Wildman–Crippen LogP) is 1.80. The molecule has 0 aromatic rings. The van der Waals surface area contributed by atoms with Gasteiger partial charge in [-0.25, -0.2) is 0 Å². The third kappa shape index (κ3) is 4.25. The topological polar surface area (TPSA) is 42.0 Å². The molecule has 4 aliphatic heterocycles. The van der Waals surface area contributed by atoms with Gasteiger partial charge in [0.05, 0.1) is 36.9 Å². The first-order valence-electron chi connectivity index (χ1n) is 10.5. The smallest absolute Gasteiger partial charge is 0.0594 e. The number of rotatable bonds is 2. The Morgan fingerprint density at radius 3 is 1.54 bits per heavy atom. The van der Waals surface area contributed by atoms with E-state index < -0.39 is 10.8 Å². The van der Waals surface area contributed by atoms with Crippen LogP contribution >= 0.6 is 0 Å². The number of hydrogen-bond acceptors (Lipinski definition) is 5. The molecule has 0 radical (unpaired) electrons. The summed E-state index contributed by atoms with van der Waals surface area (Å²) in [4.78, 5) is 5.15. The first-order chi connectivity index (χ1) is 12.8. The van der Waals surface area contributed by atoms with Gasteiger partial charge in [-0.2, -0.15) is 0 Å². The molecule has 5 nitrogen and oxygen atoms in total. The van der Waals surface area contributed by atoms with Gasteiger partial charge in [0.1, 0.15) is 0 Å². The fraction of sp³-hybridized carbons (Fsp3) is 0.900. The van der Waals surface area contributed by atoms with Crippen molar-refractivity contribution in [1.82, 2.24) is 9.80 Å². The molecule has 3 saturated heterocycles. The summed E-state index contributed by atoms with van der Waals surface area (Å²) in [5, 5.41) is 0.682. The maximum absolute atomic E-state index is 13.6. The molecular weight excluding hydrogens is 348 g/mol. The van der Waals surface area contributed by atoms with E-state index in [2.05, 4.69) is 22.0 Å². The van der Waals surface area contributed by atoms with Crippen molar-refractivity contribution >= 4 is 10.8 Å². The summed E-state index contributed by atoms with van der Waals surface area (Å²) in [5.74, 6) is 0. The zero-order chi connectivity index (χ0) is 17.8. The van der Waals surface area contributed by atoms with E-state index in [1.54, 1.807) is 0 Å². The van der Waals surface area contributed by atoms with Crippen LogP contribution in [0.2, 0.25) is 0 Å². The Hall–Kier alpha value is -0.270. The maximum Gasteiger partial charge on any atom is 0.0594 e. The molecule has 0 N–H and O–H groups in total. The molecule has 0 aliphatic carbocycles. The minimum absolute atomic E-state index is 0.341. The summed E-state index contributed by atoms with van der Waals surface area (Å²) < 4.78 is 24.7. The SMILES string of the molecule is O=S1C2CCC1C(N1CCOCC1)CC/C=C\CCC2N1CCOCC1. The molecule has 148 valence electrons. The fourth-order valence-electron chi connectivity index (χ4n) is 5.27. The number of fused-ring (bicyclic) bond motifs is 2. The molecule has 4 aliphatic rings. The van der Waals surface area contributed by atoms with Gasteiger partial charge in [0.15, 0.2) is 0 Å². The van der Waals surface area contributed by atoms with Crippen molar-refractivity contribution in [3.8, 4) is 0 Å². The quantitative estimate of drug-likeness (QED) is 0.681. The van der Waals surface area contributed by atoms with Crippen LogP contribution in [0.4, 0.5) is 0 Å². The summed E-state index contributed by atoms with van der Waals surface area (Å²) >= 11 is 0. The van der Waals surface area contributed by atoms with E-state index in [9.17, 15) is 4.21 Å². The lowest BCUT2D eigenvalue weighted by Gasteiger charge is -2.39. The van der Waals surface area contributed by atoms with E-state index in [-0.39, 0.29) is 0 Å². The van der Waals surface area contributed by atoms with Crippen LogP contribution in [-0.4, -0.2) is 89.2 Å². The van der Waals surface area contributed by atoms with E-state index in [0.29, 0.717) is 22.6 Å². The van der Waals surface area contributed by atoms with E-state index in [4.69, 9.17) is 9.47 Å². The normalized spacial score (nSPS) is 42.2. The van der Waals surface area contributed by atoms with E-state index in [0.717, 1.165) is 91.1 Å². The van der Waals surface area contributed by atoms with Gasteiger partial charge >= 0.3 is 0 Å². The highest BCUT2D eigenvalue weighted by Gasteiger charge is 2.44. The van der Waals surface area contributed by atoms with E-state index in [1.807, 2.05) is 0 Å². The molecule has 2 bridgehead atoms. The van der Waals surface area contributed by atoms with Crippen molar-refractivity contribution < 1.29 is 13.7 Å². The second-order valence-electron chi connectivity index (χ2n) is 8.04. The molecule has 4 rings (SSSR count). The minimum Gasteiger partial charge on any atom is -0.379 e. The largest absolute Gasteiger partial charge is 0.379 e. The first kappa shape index (κ1) is 19.1.